The predicted octanol–water partition coefficient (Wildman–Crippen LogP) is 8.62. The van der Waals surface area contributed by atoms with Crippen molar-refractivity contribution in [1.82, 2.24) is 4.98 Å². The molecular formula is C35H41ClNO2Si. The van der Waals surface area contributed by atoms with E-state index >= 15 is 0 Å². The van der Waals surface area contributed by atoms with E-state index in [1.165, 1.54) is 42.5 Å². The molecule has 0 saturated heterocycles. The van der Waals surface area contributed by atoms with Gasteiger partial charge in [0.05, 0.1) is 23.5 Å². The molecule has 0 amide bonds. The fourth-order valence-corrected chi connectivity index (χ4v) is 7.00. The highest BCUT2D eigenvalue weighted by Crippen LogP contribution is 2.41. The lowest BCUT2D eigenvalue weighted by atomic mass is 9.85. The van der Waals surface area contributed by atoms with Crippen molar-refractivity contribution < 1.29 is 9.16 Å². The first-order valence-corrected chi connectivity index (χ1v) is 16.2. The van der Waals surface area contributed by atoms with Gasteiger partial charge >= 0.3 is 9.04 Å². The van der Waals surface area contributed by atoms with E-state index in [0.717, 1.165) is 23.3 Å². The summed E-state index contributed by atoms with van der Waals surface area (Å²) in [6.45, 7) is 9.56. The Morgan fingerprint density at radius 3 is 2.00 bits per heavy atom. The van der Waals surface area contributed by atoms with Gasteiger partial charge in [-0.3, -0.25) is 4.98 Å². The smallest absolute Gasteiger partial charge is 0.352 e. The van der Waals surface area contributed by atoms with Crippen molar-refractivity contribution in [2.45, 2.75) is 71.6 Å². The summed E-state index contributed by atoms with van der Waals surface area (Å²) < 4.78 is 13.1. The molecule has 0 aliphatic carbocycles. The molecule has 0 aliphatic rings. The fourth-order valence-electron chi connectivity index (χ4n) is 4.76. The molecule has 0 N–H and O–H groups in total. The number of pyridine rings is 1. The first-order valence-electron chi connectivity index (χ1n) is 14.5. The molecular weight excluding hydrogens is 530 g/mol. The highest BCUT2D eigenvalue weighted by atomic mass is 35.5. The number of halogens is 1. The minimum absolute atomic E-state index is 0.141. The maximum atomic E-state index is 7.11. The molecule has 0 atom stereocenters. The van der Waals surface area contributed by atoms with E-state index in [4.69, 9.17) is 25.7 Å². The number of nitrogens with zero attached hydrogens (tertiary/aromatic N) is 1. The normalized spacial score (nSPS) is 11.6. The Morgan fingerprint density at radius 2 is 1.40 bits per heavy atom. The summed E-state index contributed by atoms with van der Waals surface area (Å²) in [6, 6.07) is 29.2. The molecule has 4 aromatic rings. The quantitative estimate of drug-likeness (QED) is 0.119. The summed E-state index contributed by atoms with van der Waals surface area (Å²) in [5.41, 5.74) is 2.59. The number of ether oxygens (including phenoxy) is 1. The van der Waals surface area contributed by atoms with Crippen molar-refractivity contribution in [2.24, 2.45) is 0 Å². The van der Waals surface area contributed by atoms with Crippen molar-refractivity contribution in [3.05, 3.63) is 102 Å². The summed E-state index contributed by atoms with van der Waals surface area (Å²) in [5.74, 6) is 1.54. The summed E-state index contributed by atoms with van der Waals surface area (Å²) >= 11 is 6.88. The maximum Gasteiger partial charge on any atom is 0.352 e. The van der Waals surface area contributed by atoms with E-state index in [1.54, 1.807) is 6.20 Å². The molecule has 0 bridgehead atoms. The van der Waals surface area contributed by atoms with Crippen molar-refractivity contribution in [3.8, 4) is 22.8 Å². The van der Waals surface area contributed by atoms with Gasteiger partial charge in [0.1, 0.15) is 11.5 Å². The van der Waals surface area contributed by atoms with Crippen molar-refractivity contribution in [3.63, 3.8) is 0 Å². The summed E-state index contributed by atoms with van der Waals surface area (Å²) in [6.07, 6.45) is 9.14. The number of para-hydroxylation sites is 1. The highest BCUT2D eigenvalue weighted by Gasteiger charge is 2.28. The highest BCUT2D eigenvalue weighted by molar-refractivity contribution is 6.80. The number of hydrogen-bond donors (Lipinski definition) is 0. The van der Waals surface area contributed by atoms with Gasteiger partial charge in [0.2, 0.25) is 0 Å². The van der Waals surface area contributed by atoms with E-state index in [1.807, 2.05) is 18.2 Å². The van der Waals surface area contributed by atoms with Gasteiger partial charge in [-0.25, -0.2) is 0 Å². The fraction of sp³-hybridized carbons (Fsp3) is 0.343. The number of benzene rings is 3. The Hall–Kier alpha value is -3.08. The van der Waals surface area contributed by atoms with E-state index in [2.05, 4.69) is 94.4 Å². The van der Waals surface area contributed by atoms with Crippen LogP contribution in [0, 0.1) is 0 Å². The molecule has 3 aromatic carbocycles. The molecule has 1 heterocycles. The Bertz CT molecular complexity index is 1300. The average Bonchev–Trinajstić information content (AvgIpc) is 2.96. The van der Waals surface area contributed by atoms with Crippen LogP contribution in [0.1, 0.15) is 71.8 Å². The molecule has 3 nitrogen and oxygen atoms in total. The zero-order valence-electron chi connectivity index (χ0n) is 24.3. The Morgan fingerprint density at radius 1 is 0.775 bits per heavy atom. The predicted molar refractivity (Wildman–Crippen MR) is 171 cm³/mol. The lowest BCUT2D eigenvalue weighted by molar-refractivity contribution is 0.303. The topological polar surface area (TPSA) is 31.4 Å². The summed E-state index contributed by atoms with van der Waals surface area (Å²) in [4.78, 5) is 4.80. The van der Waals surface area contributed by atoms with Crippen LogP contribution in [0.4, 0.5) is 0 Å². The van der Waals surface area contributed by atoms with Crippen LogP contribution in [0.2, 0.25) is 5.02 Å². The lowest BCUT2D eigenvalue weighted by Gasteiger charge is -2.28. The second-order valence-electron chi connectivity index (χ2n) is 11.2. The first-order chi connectivity index (χ1) is 19.4. The zero-order chi connectivity index (χ0) is 28.4. The second kappa shape index (κ2) is 14.5. The Kier molecular flexibility index (Phi) is 10.8. The first kappa shape index (κ1) is 29.9. The van der Waals surface area contributed by atoms with Crippen LogP contribution >= 0.6 is 11.6 Å². The zero-order valence-corrected chi connectivity index (χ0v) is 26.0. The molecule has 40 heavy (non-hydrogen) atoms. The number of aromatic nitrogens is 1. The van der Waals surface area contributed by atoms with Gasteiger partial charge in [-0.15, -0.1) is 0 Å². The minimum Gasteiger partial charge on any atom is -0.532 e. The molecule has 0 spiro atoms. The van der Waals surface area contributed by atoms with Crippen LogP contribution in [-0.4, -0.2) is 20.6 Å². The van der Waals surface area contributed by atoms with Gasteiger partial charge in [-0.05, 0) is 33.8 Å². The molecule has 0 saturated carbocycles. The Balaban J connectivity index is 1.65. The van der Waals surface area contributed by atoms with Gasteiger partial charge in [0, 0.05) is 11.6 Å². The van der Waals surface area contributed by atoms with E-state index in [0.29, 0.717) is 23.1 Å². The van der Waals surface area contributed by atoms with Crippen LogP contribution in [-0.2, 0) is 5.41 Å². The molecule has 4 rings (SSSR count). The third-order valence-electron chi connectivity index (χ3n) is 6.94. The third kappa shape index (κ3) is 7.99. The minimum atomic E-state index is -1.60. The number of rotatable bonds is 13. The largest absolute Gasteiger partial charge is 0.532 e. The van der Waals surface area contributed by atoms with E-state index in [-0.39, 0.29) is 5.41 Å². The van der Waals surface area contributed by atoms with Crippen LogP contribution in [0.25, 0.3) is 11.3 Å². The maximum absolute atomic E-state index is 7.11. The van der Waals surface area contributed by atoms with Crippen LogP contribution in [0.5, 0.6) is 11.5 Å². The average molecular weight is 571 g/mol. The van der Waals surface area contributed by atoms with Crippen LogP contribution in [0.3, 0.4) is 0 Å². The summed E-state index contributed by atoms with van der Waals surface area (Å²) in [5, 5.41) is 2.93. The lowest BCUT2D eigenvalue weighted by Crippen LogP contribution is -2.47. The standard InChI is InChI=1S/C35H41ClNO2Si/c1-5-6-7-8-9-16-24-38-27-25-32(36)33(37-26-27)30-22-17-23-31(35(2,3)4)34(30)39-40(28-18-12-10-13-19-28)29-20-14-11-15-21-29/h10-15,17-23,25-26H,5-9,16,24H2,1-4H3. The molecule has 1 aromatic heterocycles. The second-order valence-corrected chi connectivity index (χ2v) is 13.6. The number of hydrogen-bond acceptors (Lipinski definition) is 3. The number of unbranched alkanes of at least 4 members (excludes halogenated alkanes) is 5. The van der Waals surface area contributed by atoms with E-state index in [9.17, 15) is 0 Å². The molecule has 209 valence electrons. The summed E-state index contributed by atoms with van der Waals surface area (Å²) in [7, 11) is -1.60. The van der Waals surface area contributed by atoms with Gasteiger partial charge in [0.25, 0.3) is 0 Å². The van der Waals surface area contributed by atoms with Crippen molar-refractivity contribution in [2.75, 3.05) is 6.61 Å². The van der Waals surface area contributed by atoms with Gasteiger partial charge < -0.3 is 9.16 Å². The van der Waals surface area contributed by atoms with Gasteiger partial charge in [-0.1, -0.05) is 144 Å². The monoisotopic (exact) mass is 570 g/mol. The van der Waals surface area contributed by atoms with Crippen LogP contribution in [0.15, 0.2) is 91.1 Å². The Labute approximate surface area is 247 Å². The molecule has 0 fully saturated rings. The molecule has 5 heteroatoms. The third-order valence-corrected chi connectivity index (χ3v) is 9.35. The van der Waals surface area contributed by atoms with Gasteiger partial charge in [0.15, 0.2) is 0 Å². The molecule has 0 unspecified atom stereocenters. The van der Waals surface area contributed by atoms with Gasteiger partial charge in [-0.2, -0.15) is 0 Å². The molecule has 1 radical (unpaired) electrons. The molecule has 0 aliphatic heterocycles. The van der Waals surface area contributed by atoms with Crippen molar-refractivity contribution in [1.29, 1.82) is 0 Å². The van der Waals surface area contributed by atoms with Crippen molar-refractivity contribution >= 4 is 31.0 Å². The van der Waals surface area contributed by atoms with E-state index < -0.39 is 9.04 Å². The SMILES string of the molecule is CCCCCCCCOc1cnc(-c2cccc(C(C)(C)C)c2O[Si](c2ccccc2)c2ccccc2)c(Cl)c1. The van der Waals surface area contributed by atoms with Crippen LogP contribution < -0.4 is 19.5 Å².